The number of aromatic carboxylic acids is 1. The predicted molar refractivity (Wildman–Crippen MR) is 52.7 cm³/mol. The van der Waals surface area contributed by atoms with Gasteiger partial charge >= 0.3 is 12.1 Å². The number of halogens is 3. The van der Waals surface area contributed by atoms with E-state index in [2.05, 4.69) is 17.0 Å². The molecule has 7 heteroatoms. The zero-order valence-electron chi connectivity index (χ0n) is 7.62. The molecule has 0 amide bonds. The van der Waals surface area contributed by atoms with Crippen LogP contribution in [0.1, 0.15) is 10.4 Å². The van der Waals surface area contributed by atoms with Gasteiger partial charge in [0, 0.05) is 0 Å². The number of carboxylic acid groups (broad SMARTS) is 1. The minimum Gasteiger partial charge on any atom is -0.478 e. The molecule has 0 aromatic heterocycles. The summed E-state index contributed by atoms with van der Waals surface area (Å²) >= 11 is 3.99. The topological polar surface area (TPSA) is 46.5 Å². The Hall–Kier alpha value is -1.63. The van der Waals surface area contributed by atoms with Crippen molar-refractivity contribution in [1.29, 1.82) is 0 Å². The van der Waals surface area contributed by atoms with Crippen LogP contribution in [0.15, 0.2) is 24.3 Å². The number of rotatable bonds is 2. The monoisotopic (exact) mass is 250 g/mol. The molecule has 0 spiro atoms. The summed E-state index contributed by atoms with van der Waals surface area (Å²) in [5.41, 5.74) is -0.178. The minimum absolute atomic E-state index is 0.178. The SMILES string of the molecule is O=C(O)c1cccc(OC(=S)C(F)(F)F)c1. The third kappa shape index (κ3) is 3.20. The van der Waals surface area contributed by atoms with Gasteiger partial charge in [-0.15, -0.1) is 0 Å². The lowest BCUT2D eigenvalue weighted by Crippen LogP contribution is -2.26. The van der Waals surface area contributed by atoms with Gasteiger partial charge < -0.3 is 9.84 Å². The zero-order chi connectivity index (χ0) is 12.3. The van der Waals surface area contributed by atoms with Crippen LogP contribution in [0.5, 0.6) is 5.75 Å². The lowest BCUT2D eigenvalue weighted by Gasteiger charge is -2.09. The average molecular weight is 250 g/mol. The molecule has 1 aromatic rings. The number of carboxylic acids is 1. The maximum Gasteiger partial charge on any atom is 0.460 e. The minimum atomic E-state index is -4.74. The summed E-state index contributed by atoms with van der Waals surface area (Å²) in [7, 11) is 0. The summed E-state index contributed by atoms with van der Waals surface area (Å²) < 4.78 is 40.3. The lowest BCUT2D eigenvalue weighted by molar-refractivity contribution is -0.0676. The predicted octanol–water partition coefficient (Wildman–Crippen LogP) is 2.65. The van der Waals surface area contributed by atoms with Crippen LogP contribution in [0.4, 0.5) is 13.2 Å². The molecule has 0 atom stereocenters. The summed E-state index contributed by atoms with van der Waals surface area (Å²) in [6.45, 7) is 0. The quantitative estimate of drug-likeness (QED) is 0.820. The third-order valence-electron chi connectivity index (χ3n) is 1.52. The highest BCUT2D eigenvalue weighted by Gasteiger charge is 2.36. The molecule has 0 fully saturated rings. The van der Waals surface area contributed by atoms with Gasteiger partial charge in [-0.3, -0.25) is 0 Å². The van der Waals surface area contributed by atoms with E-state index in [4.69, 9.17) is 5.11 Å². The molecule has 0 aliphatic heterocycles. The first kappa shape index (κ1) is 12.4. The molecule has 0 unspecified atom stereocenters. The largest absolute Gasteiger partial charge is 0.478 e. The fourth-order valence-corrected chi connectivity index (χ4v) is 0.954. The maximum absolute atomic E-state index is 12.0. The van der Waals surface area contributed by atoms with E-state index in [1.165, 1.54) is 18.2 Å². The third-order valence-corrected chi connectivity index (χ3v) is 1.84. The number of hydrogen-bond acceptors (Lipinski definition) is 3. The van der Waals surface area contributed by atoms with Gasteiger partial charge in [0.2, 0.25) is 0 Å². The fourth-order valence-electron chi connectivity index (χ4n) is 0.858. The highest BCUT2D eigenvalue weighted by atomic mass is 32.1. The molecular formula is C9H5F3O3S. The molecule has 0 saturated heterocycles. The number of ether oxygens (including phenoxy) is 1. The Balaban J connectivity index is 2.87. The van der Waals surface area contributed by atoms with Gasteiger partial charge in [-0.2, -0.15) is 13.2 Å². The Morgan fingerprint density at radius 1 is 1.38 bits per heavy atom. The number of hydrogen-bond donors (Lipinski definition) is 1. The van der Waals surface area contributed by atoms with Crippen LogP contribution in [0.25, 0.3) is 0 Å². The summed E-state index contributed by atoms with van der Waals surface area (Å²) in [5, 5.41) is 7.03. The molecule has 1 rings (SSSR count). The molecule has 0 aliphatic rings. The first-order valence-electron chi connectivity index (χ1n) is 3.93. The molecule has 0 saturated carbocycles. The van der Waals surface area contributed by atoms with Crippen molar-refractivity contribution in [2.75, 3.05) is 0 Å². The van der Waals surface area contributed by atoms with Crippen molar-refractivity contribution in [2.45, 2.75) is 6.18 Å². The van der Waals surface area contributed by atoms with Crippen molar-refractivity contribution in [3.05, 3.63) is 29.8 Å². The molecular weight excluding hydrogens is 245 g/mol. The van der Waals surface area contributed by atoms with Gasteiger partial charge in [-0.25, -0.2) is 4.79 Å². The molecule has 1 aromatic carbocycles. The normalized spacial score (nSPS) is 10.9. The number of alkyl halides is 3. The van der Waals surface area contributed by atoms with Crippen LogP contribution in [-0.4, -0.2) is 22.3 Å². The first-order chi connectivity index (χ1) is 7.30. The fraction of sp³-hybridized carbons (Fsp3) is 0.111. The van der Waals surface area contributed by atoms with Crippen LogP contribution >= 0.6 is 12.2 Å². The average Bonchev–Trinajstić information content (AvgIpc) is 2.16. The molecule has 0 aliphatic carbocycles. The van der Waals surface area contributed by atoms with Gasteiger partial charge in [-0.05, 0) is 30.4 Å². The zero-order valence-corrected chi connectivity index (χ0v) is 8.43. The molecule has 16 heavy (non-hydrogen) atoms. The van der Waals surface area contributed by atoms with Crippen molar-refractivity contribution >= 4 is 23.2 Å². The Labute approximate surface area is 93.5 Å². The van der Waals surface area contributed by atoms with E-state index < -0.39 is 17.2 Å². The van der Waals surface area contributed by atoms with Gasteiger partial charge in [0.15, 0.2) is 0 Å². The van der Waals surface area contributed by atoms with Crippen LogP contribution in [0.3, 0.4) is 0 Å². The van der Waals surface area contributed by atoms with E-state index in [0.29, 0.717) is 0 Å². The van der Waals surface area contributed by atoms with Gasteiger partial charge in [0.1, 0.15) is 5.75 Å². The molecule has 3 nitrogen and oxygen atoms in total. The Morgan fingerprint density at radius 3 is 2.50 bits per heavy atom. The number of thiocarbonyl (C=S) groups is 1. The summed E-state index contributed by atoms with van der Waals surface area (Å²) in [4.78, 5) is 10.5. The van der Waals surface area contributed by atoms with Crippen LogP contribution in [0.2, 0.25) is 0 Å². The van der Waals surface area contributed by atoms with Gasteiger partial charge in [0.25, 0.3) is 5.05 Å². The van der Waals surface area contributed by atoms with Crippen LogP contribution in [-0.2, 0) is 0 Å². The smallest absolute Gasteiger partial charge is 0.460 e. The number of benzene rings is 1. The molecule has 0 radical (unpaired) electrons. The van der Waals surface area contributed by atoms with Crippen molar-refractivity contribution < 1.29 is 27.8 Å². The van der Waals surface area contributed by atoms with Crippen LogP contribution < -0.4 is 4.74 Å². The van der Waals surface area contributed by atoms with Crippen molar-refractivity contribution in [3.8, 4) is 5.75 Å². The maximum atomic E-state index is 12.0. The summed E-state index contributed by atoms with van der Waals surface area (Å²) in [6.07, 6.45) is -4.74. The van der Waals surface area contributed by atoms with Crippen LogP contribution in [0, 0.1) is 0 Å². The summed E-state index contributed by atoms with van der Waals surface area (Å²) in [5.74, 6) is -1.52. The number of carbonyl (C=O) groups is 1. The van der Waals surface area contributed by atoms with E-state index in [0.717, 1.165) is 6.07 Å². The van der Waals surface area contributed by atoms with E-state index in [-0.39, 0.29) is 11.3 Å². The van der Waals surface area contributed by atoms with E-state index in [9.17, 15) is 18.0 Å². The van der Waals surface area contributed by atoms with Gasteiger partial charge in [-0.1, -0.05) is 6.07 Å². The van der Waals surface area contributed by atoms with Crippen molar-refractivity contribution in [3.63, 3.8) is 0 Å². The van der Waals surface area contributed by atoms with Crippen molar-refractivity contribution in [2.24, 2.45) is 0 Å². The van der Waals surface area contributed by atoms with Gasteiger partial charge in [0.05, 0.1) is 5.56 Å². The highest BCUT2D eigenvalue weighted by Crippen LogP contribution is 2.21. The second-order valence-corrected chi connectivity index (χ2v) is 3.09. The van der Waals surface area contributed by atoms with E-state index >= 15 is 0 Å². The van der Waals surface area contributed by atoms with E-state index in [1.807, 2.05) is 0 Å². The Bertz CT molecular complexity index is 428. The second kappa shape index (κ2) is 4.48. The Kier molecular flexibility index (Phi) is 3.48. The van der Waals surface area contributed by atoms with E-state index in [1.54, 1.807) is 0 Å². The van der Waals surface area contributed by atoms with Crippen molar-refractivity contribution in [1.82, 2.24) is 0 Å². The molecule has 1 N–H and O–H groups in total. The molecule has 0 bridgehead atoms. The standard InChI is InChI=1S/C9H5F3O3S/c10-9(11,12)8(16)15-6-3-1-2-5(4-6)7(13)14/h1-4H,(H,13,14). The lowest BCUT2D eigenvalue weighted by atomic mass is 10.2. The second-order valence-electron chi connectivity index (χ2n) is 2.72. The molecule has 0 heterocycles. The first-order valence-corrected chi connectivity index (χ1v) is 4.34. The molecule has 86 valence electrons. The highest BCUT2D eigenvalue weighted by molar-refractivity contribution is 7.80. The Morgan fingerprint density at radius 2 is 2.00 bits per heavy atom. The summed E-state index contributed by atoms with van der Waals surface area (Å²) in [6, 6.07) is 4.63.